The van der Waals surface area contributed by atoms with E-state index in [1.807, 2.05) is 6.07 Å². The summed E-state index contributed by atoms with van der Waals surface area (Å²) in [5.41, 5.74) is 0.858. The molecule has 0 unspecified atom stereocenters. The molecule has 0 aliphatic rings. The number of rotatable bonds is 5. The van der Waals surface area contributed by atoms with E-state index in [1.165, 1.54) is 19.2 Å². The van der Waals surface area contributed by atoms with Gasteiger partial charge in [0, 0.05) is 16.3 Å². The number of nitrogens with one attached hydrogen (secondary N) is 2. The van der Waals surface area contributed by atoms with E-state index < -0.39 is 17.7 Å². The van der Waals surface area contributed by atoms with Crippen LogP contribution in [0, 0.1) is 0 Å². The summed E-state index contributed by atoms with van der Waals surface area (Å²) < 4.78 is 0. The Labute approximate surface area is 138 Å². The van der Waals surface area contributed by atoms with Crippen molar-refractivity contribution in [3.63, 3.8) is 0 Å². The van der Waals surface area contributed by atoms with Gasteiger partial charge in [-0.3, -0.25) is 9.59 Å². The molecule has 0 saturated heterocycles. The van der Waals surface area contributed by atoms with E-state index >= 15 is 0 Å². The number of ketones is 1. The molecule has 0 heterocycles. The minimum atomic E-state index is -1.04. The summed E-state index contributed by atoms with van der Waals surface area (Å²) in [7, 11) is 1.54. The van der Waals surface area contributed by atoms with Gasteiger partial charge in [0.05, 0.1) is 5.02 Å². The lowest BCUT2D eigenvalue weighted by Gasteiger charge is -2.16. The number of hydrogen-bond acceptors (Lipinski definition) is 3. The van der Waals surface area contributed by atoms with Crippen LogP contribution in [0.2, 0.25) is 10.0 Å². The summed E-state index contributed by atoms with van der Waals surface area (Å²) in [6.45, 7) is 0. The average molecular weight is 337 g/mol. The molecule has 0 aliphatic heterocycles. The Morgan fingerprint density at radius 3 is 2.32 bits per heavy atom. The zero-order chi connectivity index (χ0) is 16.1. The molecule has 1 atom stereocenters. The number of carbonyl (C=O) groups excluding carboxylic acids is 2. The maximum Gasteiger partial charge on any atom is 0.249 e. The first-order chi connectivity index (χ1) is 10.5. The van der Waals surface area contributed by atoms with Crippen LogP contribution < -0.4 is 10.6 Å². The van der Waals surface area contributed by atoms with Crippen molar-refractivity contribution in [1.29, 1.82) is 0 Å². The lowest BCUT2D eigenvalue weighted by atomic mass is 10.0. The van der Waals surface area contributed by atoms with Crippen LogP contribution in [0.1, 0.15) is 10.4 Å². The molecule has 114 valence electrons. The van der Waals surface area contributed by atoms with Gasteiger partial charge in [-0.15, -0.1) is 0 Å². The highest BCUT2D eigenvalue weighted by atomic mass is 35.5. The number of amides is 1. The predicted molar refractivity (Wildman–Crippen MR) is 88.7 cm³/mol. The summed E-state index contributed by atoms with van der Waals surface area (Å²) >= 11 is 11.8. The van der Waals surface area contributed by atoms with Gasteiger partial charge in [-0.2, -0.15) is 0 Å². The van der Waals surface area contributed by atoms with Crippen LogP contribution in [-0.2, 0) is 4.79 Å². The van der Waals surface area contributed by atoms with Crippen LogP contribution in [0.3, 0.4) is 0 Å². The lowest BCUT2D eigenvalue weighted by Crippen LogP contribution is -2.44. The molecule has 22 heavy (non-hydrogen) atoms. The smallest absolute Gasteiger partial charge is 0.249 e. The van der Waals surface area contributed by atoms with E-state index in [0.717, 1.165) is 0 Å². The van der Waals surface area contributed by atoms with E-state index in [-0.39, 0.29) is 10.6 Å². The van der Waals surface area contributed by atoms with Crippen LogP contribution in [0.25, 0.3) is 0 Å². The van der Waals surface area contributed by atoms with Crippen LogP contribution in [0.4, 0.5) is 5.69 Å². The summed E-state index contributed by atoms with van der Waals surface area (Å²) in [4.78, 5) is 24.8. The molecular weight excluding hydrogens is 323 g/mol. The summed E-state index contributed by atoms with van der Waals surface area (Å²) in [5, 5.41) is 6.03. The third-order valence-electron chi connectivity index (χ3n) is 3.05. The van der Waals surface area contributed by atoms with E-state index in [4.69, 9.17) is 23.2 Å². The fourth-order valence-electron chi connectivity index (χ4n) is 1.96. The summed E-state index contributed by atoms with van der Waals surface area (Å²) in [6.07, 6.45) is 0. The van der Waals surface area contributed by atoms with Crippen molar-refractivity contribution >= 4 is 40.6 Å². The topological polar surface area (TPSA) is 58.2 Å². The van der Waals surface area contributed by atoms with Crippen LogP contribution >= 0.6 is 23.2 Å². The predicted octanol–water partition coefficient (Wildman–Crippen LogP) is 3.40. The highest BCUT2D eigenvalue weighted by molar-refractivity contribution is 6.37. The molecule has 0 fully saturated rings. The molecular formula is C16H14Cl2N2O2. The quantitative estimate of drug-likeness (QED) is 0.649. The van der Waals surface area contributed by atoms with E-state index in [1.54, 1.807) is 30.3 Å². The van der Waals surface area contributed by atoms with Gasteiger partial charge in [0.15, 0.2) is 11.8 Å². The molecule has 0 bridgehead atoms. The van der Waals surface area contributed by atoms with E-state index in [9.17, 15) is 9.59 Å². The number of para-hydroxylation sites is 1. The number of likely N-dealkylation sites (N-methyl/N-ethyl adjacent to an activating group) is 1. The van der Waals surface area contributed by atoms with Crippen molar-refractivity contribution < 1.29 is 9.59 Å². The Hall–Kier alpha value is -1.88. The molecule has 0 radical (unpaired) electrons. The van der Waals surface area contributed by atoms with Gasteiger partial charge < -0.3 is 10.6 Å². The highest BCUT2D eigenvalue weighted by Crippen LogP contribution is 2.22. The first kappa shape index (κ1) is 16.5. The number of anilines is 1. The van der Waals surface area contributed by atoms with E-state index in [2.05, 4.69) is 10.6 Å². The van der Waals surface area contributed by atoms with Gasteiger partial charge >= 0.3 is 0 Å². The molecule has 2 aromatic rings. The van der Waals surface area contributed by atoms with Gasteiger partial charge in [-0.25, -0.2) is 0 Å². The third-order valence-corrected chi connectivity index (χ3v) is 3.60. The van der Waals surface area contributed by atoms with Gasteiger partial charge in [-0.05, 0) is 37.4 Å². The highest BCUT2D eigenvalue weighted by Gasteiger charge is 2.27. The second-order valence-electron chi connectivity index (χ2n) is 4.57. The Bertz CT molecular complexity index is 690. The second-order valence-corrected chi connectivity index (χ2v) is 5.41. The number of Topliss-reactive ketones (excluding diaryl/α,β-unsaturated/α-hetero) is 1. The van der Waals surface area contributed by atoms with Gasteiger partial charge in [0.25, 0.3) is 0 Å². The van der Waals surface area contributed by atoms with Crippen molar-refractivity contribution in [3.05, 3.63) is 64.1 Å². The molecule has 2 aromatic carbocycles. The third kappa shape index (κ3) is 3.85. The number of hydrogen-bond donors (Lipinski definition) is 2. The van der Waals surface area contributed by atoms with Crippen LogP contribution in [-0.4, -0.2) is 24.8 Å². The minimum Gasteiger partial charge on any atom is -0.324 e. The van der Waals surface area contributed by atoms with Crippen molar-refractivity contribution in [2.24, 2.45) is 0 Å². The maximum absolute atomic E-state index is 12.5. The van der Waals surface area contributed by atoms with Crippen molar-refractivity contribution in [2.45, 2.75) is 6.04 Å². The molecule has 0 aliphatic carbocycles. The lowest BCUT2D eigenvalue weighted by molar-refractivity contribution is -0.117. The first-order valence-corrected chi connectivity index (χ1v) is 7.31. The molecule has 0 aromatic heterocycles. The minimum absolute atomic E-state index is 0.213. The largest absolute Gasteiger partial charge is 0.324 e. The summed E-state index contributed by atoms with van der Waals surface area (Å²) in [6, 6.07) is 12.4. The number of carbonyl (C=O) groups is 2. The van der Waals surface area contributed by atoms with Crippen LogP contribution in [0.5, 0.6) is 0 Å². The second kappa shape index (κ2) is 7.40. The monoisotopic (exact) mass is 336 g/mol. The van der Waals surface area contributed by atoms with Crippen LogP contribution in [0.15, 0.2) is 48.5 Å². The van der Waals surface area contributed by atoms with E-state index in [0.29, 0.717) is 10.7 Å². The standard InChI is InChI=1S/C16H14Cl2N2O2/c1-19-14(16(22)20-11-5-3-2-4-6-11)15(21)12-8-7-10(17)9-13(12)18/h2-9,14,19H,1H3,(H,20,22)/t14-/m0/s1. The zero-order valence-electron chi connectivity index (χ0n) is 11.8. The van der Waals surface area contributed by atoms with Gasteiger partial charge in [0.1, 0.15) is 0 Å². The Kier molecular flexibility index (Phi) is 5.55. The molecule has 0 spiro atoms. The Balaban J connectivity index is 2.20. The molecule has 0 saturated carbocycles. The normalized spacial score (nSPS) is 11.8. The SMILES string of the molecule is CN[C@H](C(=O)Nc1ccccc1)C(=O)c1ccc(Cl)cc1Cl. The number of benzene rings is 2. The molecule has 2 N–H and O–H groups in total. The number of halogens is 2. The van der Waals surface area contributed by atoms with Gasteiger partial charge in [-0.1, -0.05) is 41.4 Å². The molecule has 4 nitrogen and oxygen atoms in total. The average Bonchev–Trinajstić information content (AvgIpc) is 2.48. The fourth-order valence-corrected chi connectivity index (χ4v) is 2.46. The molecule has 2 rings (SSSR count). The molecule has 1 amide bonds. The van der Waals surface area contributed by atoms with Crippen molar-refractivity contribution in [3.8, 4) is 0 Å². The maximum atomic E-state index is 12.5. The fraction of sp³-hybridized carbons (Fsp3) is 0.125. The summed E-state index contributed by atoms with van der Waals surface area (Å²) in [5.74, 6) is -0.873. The van der Waals surface area contributed by atoms with Crippen molar-refractivity contribution in [1.82, 2.24) is 5.32 Å². The molecule has 6 heteroatoms. The zero-order valence-corrected chi connectivity index (χ0v) is 13.3. The Morgan fingerprint density at radius 2 is 1.73 bits per heavy atom. The Morgan fingerprint density at radius 1 is 1.05 bits per heavy atom. The first-order valence-electron chi connectivity index (χ1n) is 6.55. The van der Waals surface area contributed by atoms with Gasteiger partial charge in [0.2, 0.25) is 5.91 Å². The van der Waals surface area contributed by atoms with Crippen molar-refractivity contribution in [2.75, 3.05) is 12.4 Å².